The molecule has 0 saturated carbocycles. The highest BCUT2D eigenvalue weighted by Gasteiger charge is 2.30. The molecule has 10 heteroatoms. The average molecular weight is 498 g/mol. The van der Waals surface area contributed by atoms with E-state index in [0.717, 1.165) is 5.56 Å². The van der Waals surface area contributed by atoms with Crippen molar-refractivity contribution in [2.75, 3.05) is 25.1 Å². The van der Waals surface area contributed by atoms with Crippen LogP contribution in [0.3, 0.4) is 0 Å². The van der Waals surface area contributed by atoms with E-state index in [-0.39, 0.29) is 25.7 Å². The molecule has 0 spiro atoms. The van der Waals surface area contributed by atoms with E-state index in [1.807, 2.05) is 0 Å². The van der Waals surface area contributed by atoms with E-state index in [1.165, 1.54) is 0 Å². The zero-order chi connectivity index (χ0) is 25.4. The van der Waals surface area contributed by atoms with Gasteiger partial charge in [-0.25, -0.2) is 9.59 Å². The Labute approximate surface area is 208 Å². The highest BCUT2D eigenvalue weighted by molar-refractivity contribution is 7.80. The van der Waals surface area contributed by atoms with Crippen molar-refractivity contribution in [3.05, 3.63) is 70.9 Å². The molecule has 2 aromatic rings. The number of carbonyl (C=O) groups excluding carboxylic acids is 3. The number of ether oxygens (including phenoxy) is 3. The first-order chi connectivity index (χ1) is 16.8. The van der Waals surface area contributed by atoms with Gasteiger partial charge >= 0.3 is 11.9 Å². The fourth-order valence-corrected chi connectivity index (χ4v) is 3.72. The van der Waals surface area contributed by atoms with Crippen LogP contribution in [0, 0.1) is 0 Å². The van der Waals surface area contributed by atoms with Gasteiger partial charge in [-0.05, 0) is 75.0 Å². The molecule has 0 saturated heterocycles. The Balaban J connectivity index is 1.75. The summed E-state index contributed by atoms with van der Waals surface area (Å²) in [4.78, 5) is 36.6. The minimum absolute atomic E-state index is 0.190. The Hall–Kier alpha value is -3.92. The number of benzene rings is 2. The van der Waals surface area contributed by atoms with Crippen LogP contribution >= 0.6 is 12.2 Å². The molecule has 3 N–H and O–H groups in total. The van der Waals surface area contributed by atoms with Gasteiger partial charge in [0.1, 0.15) is 5.75 Å². The predicted octanol–water partition coefficient (Wildman–Crippen LogP) is 3.24. The molecule has 184 valence electrons. The maximum absolute atomic E-state index is 13.2. The van der Waals surface area contributed by atoms with E-state index >= 15 is 0 Å². The minimum atomic E-state index is -0.512. The summed E-state index contributed by atoms with van der Waals surface area (Å²) in [6, 6.07) is 12.9. The molecule has 1 atom stereocenters. The molecule has 0 aromatic heterocycles. The fourth-order valence-electron chi connectivity index (χ4n) is 3.45. The summed E-state index contributed by atoms with van der Waals surface area (Å²) in [5, 5.41) is 9.38. The number of thiocarbonyl (C=S) groups is 1. The third kappa shape index (κ3) is 6.80. The Morgan fingerprint density at radius 3 is 2.26 bits per heavy atom. The van der Waals surface area contributed by atoms with Gasteiger partial charge in [0.05, 0.1) is 30.4 Å². The van der Waals surface area contributed by atoms with Crippen LogP contribution in [-0.2, 0) is 19.1 Å². The summed E-state index contributed by atoms with van der Waals surface area (Å²) >= 11 is 5.30. The molecule has 1 aliphatic rings. The van der Waals surface area contributed by atoms with Crippen molar-refractivity contribution < 1.29 is 28.6 Å². The highest BCUT2D eigenvalue weighted by atomic mass is 32.1. The molecule has 0 bridgehead atoms. The number of nitrogens with one attached hydrogen (secondary N) is 3. The zero-order valence-electron chi connectivity index (χ0n) is 19.7. The van der Waals surface area contributed by atoms with E-state index in [4.69, 9.17) is 26.4 Å². The lowest BCUT2D eigenvalue weighted by atomic mass is 9.95. The van der Waals surface area contributed by atoms with Crippen LogP contribution in [0.2, 0.25) is 0 Å². The van der Waals surface area contributed by atoms with E-state index in [0.29, 0.717) is 33.4 Å². The molecule has 1 amide bonds. The van der Waals surface area contributed by atoms with Crippen molar-refractivity contribution in [3.63, 3.8) is 0 Å². The van der Waals surface area contributed by atoms with E-state index in [1.54, 1.807) is 69.3 Å². The predicted molar refractivity (Wildman–Crippen MR) is 134 cm³/mol. The molecule has 3 rings (SSSR count). The SMILES string of the molecule is CCOC(=O)COc1ccc([C@@H]2NC(=S)NC(C)=C2C(=O)Nc2ccc(C(=O)OCC)cc2)cc1. The second-order valence-corrected chi connectivity index (χ2v) is 7.89. The van der Waals surface area contributed by atoms with Crippen LogP contribution in [0.4, 0.5) is 5.69 Å². The third-order valence-electron chi connectivity index (χ3n) is 5.04. The molecular formula is C25H27N3O6S. The molecule has 2 aromatic carbocycles. The minimum Gasteiger partial charge on any atom is -0.482 e. The largest absolute Gasteiger partial charge is 0.482 e. The quantitative estimate of drug-likeness (QED) is 0.355. The van der Waals surface area contributed by atoms with Crippen molar-refractivity contribution >= 4 is 40.9 Å². The second kappa shape index (κ2) is 12.0. The van der Waals surface area contributed by atoms with E-state index in [9.17, 15) is 14.4 Å². The van der Waals surface area contributed by atoms with Crippen LogP contribution in [-0.4, -0.2) is 42.8 Å². The number of allylic oxidation sites excluding steroid dienone is 1. The maximum Gasteiger partial charge on any atom is 0.344 e. The number of amides is 1. The van der Waals surface area contributed by atoms with Gasteiger partial charge in [-0.15, -0.1) is 0 Å². The van der Waals surface area contributed by atoms with E-state index in [2.05, 4.69) is 16.0 Å². The molecule has 0 radical (unpaired) electrons. The molecule has 1 heterocycles. The number of anilines is 1. The Morgan fingerprint density at radius 1 is 0.971 bits per heavy atom. The van der Waals surface area contributed by atoms with E-state index < -0.39 is 18.0 Å². The van der Waals surface area contributed by atoms with Crippen molar-refractivity contribution in [1.29, 1.82) is 0 Å². The van der Waals surface area contributed by atoms with Gasteiger partial charge in [0.15, 0.2) is 11.7 Å². The Morgan fingerprint density at radius 2 is 1.63 bits per heavy atom. The third-order valence-corrected chi connectivity index (χ3v) is 5.26. The molecule has 0 unspecified atom stereocenters. The first-order valence-corrected chi connectivity index (χ1v) is 11.5. The lowest BCUT2D eigenvalue weighted by molar-refractivity contribution is -0.145. The van der Waals surface area contributed by atoms with Crippen LogP contribution < -0.4 is 20.7 Å². The summed E-state index contributed by atoms with van der Waals surface area (Å²) < 4.78 is 15.3. The monoisotopic (exact) mass is 497 g/mol. The molecular weight excluding hydrogens is 470 g/mol. The lowest BCUT2D eigenvalue weighted by Gasteiger charge is -2.30. The van der Waals surface area contributed by atoms with Crippen LogP contribution in [0.25, 0.3) is 0 Å². The van der Waals surface area contributed by atoms with Crippen molar-refractivity contribution in [3.8, 4) is 5.75 Å². The zero-order valence-corrected chi connectivity index (χ0v) is 20.5. The van der Waals surface area contributed by atoms with Gasteiger partial charge in [0.25, 0.3) is 5.91 Å². The first kappa shape index (κ1) is 25.7. The average Bonchev–Trinajstić information content (AvgIpc) is 2.83. The lowest BCUT2D eigenvalue weighted by Crippen LogP contribution is -2.45. The summed E-state index contributed by atoms with van der Waals surface area (Å²) in [6.45, 7) is 5.62. The van der Waals surface area contributed by atoms with Crippen LogP contribution in [0.15, 0.2) is 59.8 Å². The highest BCUT2D eigenvalue weighted by Crippen LogP contribution is 2.29. The number of esters is 2. The van der Waals surface area contributed by atoms with Gasteiger partial charge in [-0.2, -0.15) is 0 Å². The maximum atomic E-state index is 13.2. The van der Waals surface area contributed by atoms with Gasteiger partial charge in [-0.1, -0.05) is 12.1 Å². The molecule has 0 fully saturated rings. The first-order valence-electron chi connectivity index (χ1n) is 11.1. The Kier molecular flexibility index (Phi) is 8.80. The smallest absolute Gasteiger partial charge is 0.344 e. The number of rotatable bonds is 9. The molecule has 1 aliphatic heterocycles. The van der Waals surface area contributed by atoms with Gasteiger partial charge in [0, 0.05) is 11.4 Å². The topological polar surface area (TPSA) is 115 Å². The molecule has 9 nitrogen and oxygen atoms in total. The molecule has 0 aliphatic carbocycles. The standard InChI is InChI=1S/C25H27N3O6S/c1-4-32-20(29)14-34-19-12-8-16(9-13-19)22-21(15(3)26-25(35)28-22)23(30)27-18-10-6-17(7-11-18)24(31)33-5-2/h6-13,22H,4-5,14H2,1-3H3,(H,27,30)(H2,26,28,35)/t22-/m0/s1. The van der Waals surface area contributed by atoms with Crippen molar-refractivity contribution in [1.82, 2.24) is 10.6 Å². The summed E-state index contributed by atoms with van der Waals surface area (Å²) in [7, 11) is 0. The summed E-state index contributed by atoms with van der Waals surface area (Å²) in [5.41, 5.74) is 2.77. The fraction of sp³-hybridized carbons (Fsp3) is 0.280. The summed E-state index contributed by atoms with van der Waals surface area (Å²) in [5.74, 6) is -0.712. The van der Waals surface area contributed by atoms with Crippen molar-refractivity contribution in [2.45, 2.75) is 26.8 Å². The number of hydrogen-bond donors (Lipinski definition) is 3. The second-order valence-electron chi connectivity index (χ2n) is 7.48. The molecule has 35 heavy (non-hydrogen) atoms. The van der Waals surface area contributed by atoms with Crippen LogP contribution in [0.1, 0.15) is 42.7 Å². The Bertz CT molecular complexity index is 1130. The van der Waals surface area contributed by atoms with Gasteiger partial charge < -0.3 is 30.2 Å². The van der Waals surface area contributed by atoms with Gasteiger partial charge in [-0.3, -0.25) is 4.79 Å². The van der Waals surface area contributed by atoms with Crippen molar-refractivity contribution in [2.24, 2.45) is 0 Å². The summed E-state index contributed by atoms with van der Waals surface area (Å²) in [6.07, 6.45) is 0. The normalized spacial score (nSPS) is 14.9. The number of hydrogen-bond acceptors (Lipinski definition) is 7. The number of carbonyl (C=O) groups is 3. The van der Waals surface area contributed by atoms with Crippen LogP contribution in [0.5, 0.6) is 5.75 Å². The van der Waals surface area contributed by atoms with Gasteiger partial charge in [0.2, 0.25) is 0 Å².